The maximum Gasteiger partial charge on any atom is 0.173 e. The van der Waals surface area contributed by atoms with E-state index in [-0.39, 0.29) is 6.04 Å². The second-order valence-corrected chi connectivity index (χ2v) is 10.9. The molecule has 1 atom stereocenters. The molecule has 2 fully saturated rings. The van der Waals surface area contributed by atoms with E-state index in [2.05, 4.69) is 138 Å². The summed E-state index contributed by atoms with van der Waals surface area (Å²) in [6.07, 6.45) is 6.63. The zero-order chi connectivity index (χ0) is 27.0. The van der Waals surface area contributed by atoms with E-state index in [9.17, 15) is 0 Å². The Labute approximate surface area is 237 Å². The molecule has 2 aliphatic rings. The Hall–Kier alpha value is -3.65. The highest BCUT2D eigenvalue weighted by Gasteiger charge is 2.33. The molecule has 7 nitrogen and oxygen atoms in total. The molecule has 0 spiro atoms. The minimum absolute atomic E-state index is 0.0561. The third-order valence-electron chi connectivity index (χ3n) is 8.28. The summed E-state index contributed by atoms with van der Waals surface area (Å²) < 4.78 is 2.15. The molecular weight excluding hydrogens is 494 g/mol. The average molecular weight is 534 g/mol. The van der Waals surface area contributed by atoms with Crippen LogP contribution in [0.1, 0.15) is 47.4 Å². The normalized spacial score (nSPS) is 18.8. The summed E-state index contributed by atoms with van der Waals surface area (Å²) in [7, 11) is 0. The van der Waals surface area contributed by atoms with E-state index in [1.54, 1.807) is 0 Å². The quantitative estimate of drug-likeness (QED) is 0.304. The number of piperidine rings is 1. The van der Waals surface area contributed by atoms with Crippen LogP contribution in [-0.4, -0.2) is 80.7 Å². The van der Waals surface area contributed by atoms with Crippen LogP contribution in [0.3, 0.4) is 0 Å². The fourth-order valence-electron chi connectivity index (χ4n) is 6.07. The van der Waals surface area contributed by atoms with Crippen molar-refractivity contribution >= 4 is 6.08 Å². The third kappa shape index (κ3) is 6.55. The zero-order valence-electron chi connectivity index (χ0n) is 23.2. The molecule has 0 radical (unpaired) electrons. The van der Waals surface area contributed by atoms with E-state index in [0.717, 1.165) is 71.0 Å². The molecule has 7 heteroatoms. The molecule has 0 bridgehead atoms. The first kappa shape index (κ1) is 26.6. The molecule has 0 unspecified atom stereocenters. The second-order valence-electron chi connectivity index (χ2n) is 10.9. The molecule has 40 heavy (non-hydrogen) atoms. The second kappa shape index (κ2) is 13.1. The molecular formula is C33H39N7. The van der Waals surface area contributed by atoms with Crippen LogP contribution in [0.2, 0.25) is 0 Å². The van der Waals surface area contributed by atoms with Crippen molar-refractivity contribution in [2.45, 2.75) is 31.5 Å². The van der Waals surface area contributed by atoms with E-state index < -0.39 is 0 Å². The average Bonchev–Trinajstić information content (AvgIpc) is 3.49. The number of benzene rings is 3. The molecule has 206 valence electrons. The predicted octanol–water partition coefficient (Wildman–Crippen LogP) is 4.93. The largest absolute Gasteiger partial charge is 0.299 e. The Morgan fingerprint density at radius 2 is 1.38 bits per heavy atom. The van der Waals surface area contributed by atoms with E-state index in [1.807, 2.05) is 0 Å². The molecule has 0 amide bonds. The van der Waals surface area contributed by atoms with Crippen molar-refractivity contribution in [3.63, 3.8) is 0 Å². The van der Waals surface area contributed by atoms with Gasteiger partial charge in [-0.2, -0.15) is 0 Å². The highest BCUT2D eigenvalue weighted by molar-refractivity contribution is 5.48. The van der Waals surface area contributed by atoms with Gasteiger partial charge in [-0.1, -0.05) is 103 Å². The lowest BCUT2D eigenvalue weighted by atomic mass is 10.0. The van der Waals surface area contributed by atoms with Gasteiger partial charge in [-0.3, -0.25) is 14.7 Å². The maximum absolute atomic E-state index is 4.65. The van der Waals surface area contributed by atoms with Gasteiger partial charge in [-0.25, -0.2) is 4.68 Å². The van der Waals surface area contributed by atoms with Gasteiger partial charge in [0.2, 0.25) is 0 Å². The van der Waals surface area contributed by atoms with Gasteiger partial charge in [-0.15, -0.1) is 5.10 Å². The number of rotatable bonds is 9. The Kier molecular flexibility index (Phi) is 8.72. The fraction of sp³-hybridized carbons (Fsp3) is 0.364. The lowest BCUT2D eigenvalue weighted by molar-refractivity contribution is 0.108. The molecule has 3 aromatic carbocycles. The van der Waals surface area contributed by atoms with Crippen molar-refractivity contribution in [3.8, 4) is 0 Å². The standard InChI is InChI=1S/C33H39N7/c1-4-11-28(12-5-1)15-10-20-37-23-25-39(26-24-37)32(30-16-8-3-9-17-30)33-34-35-36-40(33)31-18-21-38(22-19-31)27-29-13-6-2-7-14-29/h1-17,31-32H,18-27H2/t32-/m0/s1. The topological polar surface area (TPSA) is 53.3 Å². The van der Waals surface area contributed by atoms with Crippen LogP contribution < -0.4 is 0 Å². The number of piperazine rings is 1. The minimum Gasteiger partial charge on any atom is -0.299 e. The minimum atomic E-state index is 0.0561. The van der Waals surface area contributed by atoms with Crippen molar-refractivity contribution in [2.75, 3.05) is 45.8 Å². The van der Waals surface area contributed by atoms with Crippen molar-refractivity contribution in [2.24, 2.45) is 0 Å². The molecule has 0 N–H and O–H groups in total. The smallest absolute Gasteiger partial charge is 0.173 e. The Balaban J connectivity index is 1.12. The molecule has 3 heterocycles. The van der Waals surface area contributed by atoms with Crippen molar-refractivity contribution in [1.82, 2.24) is 34.9 Å². The summed E-state index contributed by atoms with van der Waals surface area (Å²) >= 11 is 0. The summed E-state index contributed by atoms with van der Waals surface area (Å²) in [6.45, 7) is 8.13. The molecule has 0 aliphatic carbocycles. The number of aromatic nitrogens is 4. The van der Waals surface area contributed by atoms with Crippen molar-refractivity contribution in [1.29, 1.82) is 0 Å². The van der Waals surface area contributed by atoms with Crippen LogP contribution in [0.4, 0.5) is 0 Å². The van der Waals surface area contributed by atoms with E-state index >= 15 is 0 Å². The Morgan fingerprint density at radius 3 is 2.08 bits per heavy atom. The SMILES string of the molecule is C(=Cc1ccccc1)CN1CCN([C@@H](c2ccccc2)c2nnnn2C2CCN(Cc3ccccc3)CC2)CC1. The van der Waals surface area contributed by atoms with E-state index in [4.69, 9.17) is 0 Å². The zero-order valence-corrected chi connectivity index (χ0v) is 23.2. The summed E-state index contributed by atoms with van der Waals surface area (Å²) in [5.41, 5.74) is 3.89. The number of tetrazole rings is 1. The van der Waals surface area contributed by atoms with Gasteiger partial charge in [0.15, 0.2) is 5.82 Å². The number of hydrogen-bond acceptors (Lipinski definition) is 6. The summed E-state index contributed by atoms with van der Waals surface area (Å²) in [5.74, 6) is 0.977. The highest BCUT2D eigenvalue weighted by Crippen LogP contribution is 2.32. The molecule has 2 saturated heterocycles. The number of hydrogen-bond donors (Lipinski definition) is 0. The number of nitrogens with zero attached hydrogens (tertiary/aromatic N) is 7. The first-order chi connectivity index (χ1) is 19.8. The van der Waals surface area contributed by atoms with E-state index in [0.29, 0.717) is 6.04 Å². The summed E-state index contributed by atoms with van der Waals surface area (Å²) in [5, 5.41) is 13.4. The van der Waals surface area contributed by atoms with Gasteiger partial charge in [0.1, 0.15) is 0 Å². The third-order valence-corrected chi connectivity index (χ3v) is 8.28. The predicted molar refractivity (Wildman–Crippen MR) is 160 cm³/mol. The van der Waals surface area contributed by atoms with Gasteiger partial charge in [0.05, 0.1) is 12.1 Å². The first-order valence-corrected chi connectivity index (χ1v) is 14.6. The van der Waals surface area contributed by atoms with Crippen LogP contribution in [-0.2, 0) is 6.54 Å². The molecule has 4 aromatic rings. The Bertz CT molecular complexity index is 1320. The van der Waals surface area contributed by atoms with Gasteiger partial charge >= 0.3 is 0 Å². The lowest BCUT2D eigenvalue weighted by Gasteiger charge is -2.39. The van der Waals surface area contributed by atoms with Gasteiger partial charge in [0.25, 0.3) is 0 Å². The lowest BCUT2D eigenvalue weighted by Crippen LogP contribution is -2.48. The van der Waals surface area contributed by atoms with Crippen molar-refractivity contribution in [3.05, 3.63) is 120 Å². The van der Waals surface area contributed by atoms with Crippen LogP contribution in [0, 0.1) is 0 Å². The maximum atomic E-state index is 4.65. The Morgan fingerprint density at radius 1 is 0.725 bits per heavy atom. The molecule has 6 rings (SSSR count). The van der Waals surface area contributed by atoms with Gasteiger partial charge in [-0.05, 0) is 40.0 Å². The summed E-state index contributed by atoms with van der Waals surface area (Å²) in [6, 6.07) is 32.5. The highest BCUT2D eigenvalue weighted by atomic mass is 15.6. The van der Waals surface area contributed by atoms with Gasteiger partial charge < -0.3 is 0 Å². The molecule has 2 aliphatic heterocycles. The summed E-state index contributed by atoms with van der Waals surface area (Å²) in [4.78, 5) is 7.65. The monoisotopic (exact) mass is 533 g/mol. The van der Waals surface area contributed by atoms with Crippen LogP contribution in [0.5, 0.6) is 0 Å². The fourth-order valence-corrected chi connectivity index (χ4v) is 6.07. The van der Waals surface area contributed by atoms with Crippen LogP contribution in [0.15, 0.2) is 97.1 Å². The first-order valence-electron chi connectivity index (χ1n) is 14.6. The van der Waals surface area contributed by atoms with Gasteiger partial charge in [0, 0.05) is 52.4 Å². The number of likely N-dealkylation sites (tertiary alicyclic amines) is 1. The molecule has 0 saturated carbocycles. The van der Waals surface area contributed by atoms with Crippen molar-refractivity contribution < 1.29 is 0 Å². The van der Waals surface area contributed by atoms with E-state index in [1.165, 1.54) is 16.7 Å². The van der Waals surface area contributed by atoms with Crippen LogP contribution in [0.25, 0.3) is 6.08 Å². The van der Waals surface area contributed by atoms with Crippen LogP contribution >= 0.6 is 0 Å². The molecule has 1 aromatic heterocycles.